The van der Waals surface area contributed by atoms with Crippen molar-refractivity contribution in [2.24, 2.45) is 5.41 Å². The lowest BCUT2D eigenvalue weighted by Gasteiger charge is -2.35. The number of aryl methyl sites for hydroxylation is 2. The SMILES string of the molecule is CCc1nn(CC)c(CNCC2(CCl)CCCCC2)c1Cl. The molecule has 5 heteroatoms. The van der Waals surface area contributed by atoms with Crippen molar-refractivity contribution in [2.45, 2.75) is 65.5 Å². The number of rotatable bonds is 7. The minimum atomic E-state index is 0.275. The highest BCUT2D eigenvalue weighted by Gasteiger charge is 2.30. The Morgan fingerprint density at radius 3 is 2.52 bits per heavy atom. The lowest BCUT2D eigenvalue weighted by molar-refractivity contribution is 0.211. The molecule has 1 aromatic rings. The first kappa shape index (κ1) is 17.1. The predicted molar refractivity (Wildman–Crippen MR) is 90.2 cm³/mol. The number of hydrogen-bond donors (Lipinski definition) is 1. The topological polar surface area (TPSA) is 29.9 Å². The van der Waals surface area contributed by atoms with Gasteiger partial charge in [-0.1, -0.05) is 37.8 Å². The molecule has 3 nitrogen and oxygen atoms in total. The van der Waals surface area contributed by atoms with Gasteiger partial charge >= 0.3 is 0 Å². The molecule has 1 aromatic heterocycles. The first-order chi connectivity index (χ1) is 10.2. The van der Waals surface area contributed by atoms with Crippen LogP contribution in [0.5, 0.6) is 0 Å². The third-order valence-electron chi connectivity index (χ3n) is 4.68. The lowest BCUT2D eigenvalue weighted by Crippen LogP contribution is -2.37. The Bertz CT molecular complexity index is 451. The Labute approximate surface area is 138 Å². The smallest absolute Gasteiger partial charge is 0.0863 e. The lowest BCUT2D eigenvalue weighted by atomic mass is 9.75. The monoisotopic (exact) mass is 331 g/mol. The molecule has 0 aromatic carbocycles. The second-order valence-electron chi connectivity index (χ2n) is 6.17. The zero-order valence-electron chi connectivity index (χ0n) is 13.2. The summed E-state index contributed by atoms with van der Waals surface area (Å²) in [5.74, 6) is 0.751. The highest BCUT2D eigenvalue weighted by atomic mass is 35.5. The van der Waals surface area contributed by atoms with Gasteiger partial charge in [0.1, 0.15) is 0 Å². The highest BCUT2D eigenvalue weighted by molar-refractivity contribution is 6.31. The van der Waals surface area contributed by atoms with Crippen LogP contribution in [-0.2, 0) is 19.5 Å². The molecule has 0 spiro atoms. The van der Waals surface area contributed by atoms with E-state index in [1.54, 1.807) is 0 Å². The van der Waals surface area contributed by atoms with Crippen molar-refractivity contribution in [3.8, 4) is 0 Å². The maximum Gasteiger partial charge on any atom is 0.0863 e. The van der Waals surface area contributed by atoms with Crippen molar-refractivity contribution in [2.75, 3.05) is 12.4 Å². The number of nitrogens with zero attached hydrogens (tertiary/aromatic N) is 2. The average Bonchev–Trinajstić information content (AvgIpc) is 2.84. The molecule has 120 valence electrons. The molecule has 21 heavy (non-hydrogen) atoms. The summed E-state index contributed by atoms with van der Waals surface area (Å²) in [5, 5.41) is 8.98. The average molecular weight is 332 g/mol. The van der Waals surface area contributed by atoms with Crippen molar-refractivity contribution in [1.29, 1.82) is 0 Å². The fourth-order valence-electron chi connectivity index (χ4n) is 3.29. The van der Waals surface area contributed by atoms with Gasteiger partial charge in [0.15, 0.2) is 0 Å². The van der Waals surface area contributed by atoms with Gasteiger partial charge in [0, 0.05) is 25.5 Å². The molecule has 0 atom stereocenters. The maximum absolute atomic E-state index is 6.45. The largest absolute Gasteiger partial charge is 0.311 e. The van der Waals surface area contributed by atoms with Gasteiger partial charge in [-0.25, -0.2) is 0 Å². The van der Waals surface area contributed by atoms with E-state index in [2.05, 4.69) is 24.3 Å². The van der Waals surface area contributed by atoms with Crippen LogP contribution in [0.1, 0.15) is 57.3 Å². The van der Waals surface area contributed by atoms with Crippen LogP contribution >= 0.6 is 23.2 Å². The first-order valence-corrected chi connectivity index (χ1v) is 9.07. The van der Waals surface area contributed by atoms with Gasteiger partial charge in [-0.05, 0) is 31.6 Å². The Morgan fingerprint density at radius 2 is 1.95 bits per heavy atom. The summed E-state index contributed by atoms with van der Waals surface area (Å²) in [6.45, 7) is 6.81. The van der Waals surface area contributed by atoms with E-state index >= 15 is 0 Å². The van der Waals surface area contributed by atoms with Crippen LogP contribution in [0.3, 0.4) is 0 Å². The quantitative estimate of drug-likeness (QED) is 0.750. The van der Waals surface area contributed by atoms with Crippen LogP contribution in [0.15, 0.2) is 0 Å². The van der Waals surface area contributed by atoms with Gasteiger partial charge in [-0.3, -0.25) is 4.68 Å². The molecule has 1 aliphatic rings. The van der Waals surface area contributed by atoms with E-state index in [1.165, 1.54) is 32.1 Å². The van der Waals surface area contributed by atoms with Crippen molar-refractivity contribution in [3.05, 3.63) is 16.4 Å². The van der Waals surface area contributed by atoms with Crippen molar-refractivity contribution in [3.63, 3.8) is 0 Å². The summed E-state index contributed by atoms with van der Waals surface area (Å²) < 4.78 is 2.02. The van der Waals surface area contributed by atoms with E-state index in [9.17, 15) is 0 Å². The van der Waals surface area contributed by atoms with Crippen molar-refractivity contribution >= 4 is 23.2 Å². The molecular formula is C16H27Cl2N3. The summed E-state index contributed by atoms with van der Waals surface area (Å²) in [7, 11) is 0. The molecule has 0 aliphatic heterocycles. The minimum absolute atomic E-state index is 0.275. The predicted octanol–water partition coefficient (Wildman–Crippen LogP) is 4.40. The molecule has 0 amide bonds. The molecule has 0 saturated heterocycles. The van der Waals surface area contributed by atoms with Gasteiger partial charge in [-0.2, -0.15) is 5.10 Å². The van der Waals surface area contributed by atoms with Crippen LogP contribution in [0.25, 0.3) is 0 Å². The number of aromatic nitrogens is 2. The normalized spacial score (nSPS) is 18.1. The number of halogens is 2. The van der Waals surface area contributed by atoms with Crippen molar-refractivity contribution < 1.29 is 0 Å². The summed E-state index contributed by atoms with van der Waals surface area (Å²) in [4.78, 5) is 0. The molecule has 1 heterocycles. The number of alkyl halides is 1. The van der Waals surface area contributed by atoms with Gasteiger partial charge in [0.05, 0.1) is 16.4 Å². The van der Waals surface area contributed by atoms with E-state index in [0.717, 1.165) is 48.3 Å². The Morgan fingerprint density at radius 1 is 1.24 bits per heavy atom. The fraction of sp³-hybridized carbons (Fsp3) is 0.812. The third-order valence-corrected chi connectivity index (χ3v) is 5.69. The van der Waals surface area contributed by atoms with Gasteiger partial charge in [0.25, 0.3) is 0 Å². The van der Waals surface area contributed by atoms with E-state index in [-0.39, 0.29) is 5.41 Å². The molecule has 0 bridgehead atoms. The van der Waals surface area contributed by atoms with Crippen LogP contribution in [0, 0.1) is 5.41 Å². The highest BCUT2D eigenvalue weighted by Crippen LogP contribution is 2.36. The zero-order chi connectivity index (χ0) is 15.3. The second-order valence-corrected chi connectivity index (χ2v) is 6.82. The summed E-state index contributed by atoms with van der Waals surface area (Å²) >= 11 is 12.7. The Balaban J connectivity index is 1.98. The standard InChI is InChI=1S/C16H27Cl2N3/c1-3-13-15(18)14(21(4-2)20-13)10-19-12-16(11-17)8-6-5-7-9-16/h19H,3-12H2,1-2H3. The molecule has 0 radical (unpaired) electrons. The minimum Gasteiger partial charge on any atom is -0.311 e. The van der Waals surface area contributed by atoms with Gasteiger partial charge < -0.3 is 5.32 Å². The number of hydrogen-bond acceptors (Lipinski definition) is 2. The number of nitrogens with one attached hydrogen (secondary N) is 1. The molecule has 0 unspecified atom stereocenters. The Kier molecular flexibility index (Phi) is 6.39. The van der Waals surface area contributed by atoms with Crippen LogP contribution in [0.2, 0.25) is 5.02 Å². The zero-order valence-corrected chi connectivity index (χ0v) is 14.7. The van der Waals surface area contributed by atoms with Gasteiger partial charge in [0.2, 0.25) is 0 Å². The molecule has 1 saturated carbocycles. The van der Waals surface area contributed by atoms with Crippen LogP contribution in [-0.4, -0.2) is 22.2 Å². The molecule has 1 N–H and O–H groups in total. The van der Waals surface area contributed by atoms with Crippen LogP contribution < -0.4 is 5.32 Å². The fourth-order valence-corrected chi connectivity index (χ4v) is 3.99. The van der Waals surface area contributed by atoms with E-state index < -0.39 is 0 Å². The molecule has 1 fully saturated rings. The van der Waals surface area contributed by atoms with E-state index in [0.29, 0.717) is 0 Å². The van der Waals surface area contributed by atoms with Crippen molar-refractivity contribution in [1.82, 2.24) is 15.1 Å². The summed E-state index contributed by atoms with van der Waals surface area (Å²) in [6, 6.07) is 0. The maximum atomic E-state index is 6.45. The molecule has 1 aliphatic carbocycles. The van der Waals surface area contributed by atoms with Gasteiger partial charge in [-0.15, -0.1) is 11.6 Å². The summed E-state index contributed by atoms with van der Waals surface area (Å²) in [6.07, 6.45) is 7.33. The van der Waals surface area contributed by atoms with E-state index in [1.807, 2.05) is 4.68 Å². The molecule has 2 rings (SSSR count). The van der Waals surface area contributed by atoms with Crippen LogP contribution in [0.4, 0.5) is 0 Å². The molecular weight excluding hydrogens is 305 g/mol. The third kappa shape index (κ3) is 3.94. The Hall–Kier alpha value is -0.250. The van der Waals surface area contributed by atoms with E-state index in [4.69, 9.17) is 23.2 Å². The summed E-state index contributed by atoms with van der Waals surface area (Å²) in [5.41, 5.74) is 2.38. The first-order valence-electron chi connectivity index (χ1n) is 8.16. The second kappa shape index (κ2) is 7.85.